The molecule has 0 aliphatic carbocycles. The minimum atomic E-state index is -4.70. The molecule has 3 atom stereocenters. The van der Waals surface area contributed by atoms with Crippen LogP contribution >= 0.6 is 0 Å². The lowest BCUT2D eigenvalue weighted by Gasteiger charge is -2.30. The Hall–Kier alpha value is -0.250. The van der Waals surface area contributed by atoms with Crippen molar-refractivity contribution in [3.63, 3.8) is 0 Å². The highest BCUT2D eigenvalue weighted by Crippen LogP contribution is 2.13. The largest absolute Gasteiger partial charge is 0.726 e. The minimum absolute atomic E-state index is 0.119. The van der Waals surface area contributed by atoms with Gasteiger partial charge in [-0.25, -0.2) is 8.42 Å². The first-order valence-corrected chi connectivity index (χ1v) is 5.37. The highest BCUT2D eigenvalue weighted by molar-refractivity contribution is 7.80. The normalized spacial score (nSPS) is 34.4. The third kappa shape index (κ3) is 3.86. The standard InChI is InChI=1S/C6H13NO6S/c7-5-3-12-4(1-6(5)8)2-13-14(9,10)11/h4-6,8H,1-3,7H2,(H,9,10,11)/p-1. The van der Waals surface area contributed by atoms with Gasteiger partial charge in [0.15, 0.2) is 0 Å². The first-order valence-electron chi connectivity index (χ1n) is 4.04. The summed E-state index contributed by atoms with van der Waals surface area (Å²) < 4.78 is 39.3. The van der Waals surface area contributed by atoms with Crippen molar-refractivity contribution in [1.29, 1.82) is 0 Å². The van der Waals surface area contributed by atoms with Gasteiger partial charge in [-0.05, 0) is 0 Å². The Bertz CT molecular complexity index is 278. The molecule has 14 heavy (non-hydrogen) atoms. The van der Waals surface area contributed by atoms with Crippen LogP contribution in [-0.2, 0) is 19.3 Å². The minimum Gasteiger partial charge on any atom is -0.726 e. The van der Waals surface area contributed by atoms with Crippen LogP contribution in [-0.4, -0.2) is 49.5 Å². The Morgan fingerprint density at radius 3 is 2.79 bits per heavy atom. The van der Waals surface area contributed by atoms with Gasteiger partial charge in [0.1, 0.15) is 0 Å². The second-order valence-corrected chi connectivity index (χ2v) is 4.17. The van der Waals surface area contributed by atoms with Crippen LogP contribution in [0.3, 0.4) is 0 Å². The molecular formula is C6H12NO6S-. The molecule has 0 aromatic rings. The monoisotopic (exact) mass is 226 g/mol. The average Bonchev–Trinajstić information content (AvgIpc) is 2.06. The SMILES string of the molecule is NC1COC(COS(=O)(=O)[O-])CC1O. The second kappa shape index (κ2) is 4.51. The number of nitrogens with two attached hydrogens (primary N) is 1. The number of aliphatic hydroxyl groups excluding tert-OH is 1. The van der Waals surface area contributed by atoms with E-state index < -0.39 is 28.6 Å². The van der Waals surface area contributed by atoms with Gasteiger partial charge in [-0.1, -0.05) is 0 Å². The van der Waals surface area contributed by atoms with Crippen LogP contribution in [0.15, 0.2) is 0 Å². The van der Waals surface area contributed by atoms with Crippen LogP contribution in [0.5, 0.6) is 0 Å². The summed E-state index contributed by atoms with van der Waals surface area (Å²) in [4.78, 5) is 0. The maximum atomic E-state index is 10.1. The summed E-state index contributed by atoms with van der Waals surface area (Å²) in [6, 6.07) is -0.477. The third-order valence-electron chi connectivity index (χ3n) is 1.92. The Morgan fingerprint density at radius 1 is 1.64 bits per heavy atom. The molecule has 7 nitrogen and oxygen atoms in total. The third-order valence-corrected chi connectivity index (χ3v) is 2.35. The summed E-state index contributed by atoms with van der Waals surface area (Å²) >= 11 is 0. The molecule has 0 spiro atoms. The Labute approximate surface area is 81.8 Å². The van der Waals surface area contributed by atoms with Crippen molar-refractivity contribution in [3.8, 4) is 0 Å². The van der Waals surface area contributed by atoms with Gasteiger partial charge < -0.3 is 20.1 Å². The summed E-state index contributed by atoms with van der Waals surface area (Å²) in [6.45, 7) is -0.260. The van der Waals surface area contributed by atoms with E-state index in [1.54, 1.807) is 0 Å². The summed E-state index contributed by atoms with van der Waals surface area (Å²) in [7, 11) is -4.70. The molecule has 8 heteroatoms. The lowest BCUT2D eigenvalue weighted by molar-refractivity contribution is -0.0721. The van der Waals surface area contributed by atoms with Crippen LogP contribution in [0.4, 0.5) is 0 Å². The smallest absolute Gasteiger partial charge is 0.217 e. The van der Waals surface area contributed by atoms with Crippen molar-refractivity contribution in [2.45, 2.75) is 24.7 Å². The number of hydrogen-bond donors (Lipinski definition) is 2. The zero-order valence-corrected chi connectivity index (χ0v) is 8.14. The first-order chi connectivity index (χ1) is 6.38. The number of ether oxygens (including phenoxy) is 1. The van der Waals surface area contributed by atoms with E-state index in [0.29, 0.717) is 0 Å². The highest BCUT2D eigenvalue weighted by atomic mass is 32.3. The van der Waals surface area contributed by atoms with E-state index in [-0.39, 0.29) is 19.6 Å². The molecule has 1 rings (SSSR count). The molecule has 0 aromatic carbocycles. The molecule has 3 N–H and O–H groups in total. The topological polar surface area (TPSA) is 122 Å². The quantitative estimate of drug-likeness (QED) is 0.419. The molecule has 3 unspecified atom stereocenters. The summed E-state index contributed by atoms with van der Waals surface area (Å²) in [5, 5.41) is 9.29. The van der Waals surface area contributed by atoms with E-state index >= 15 is 0 Å². The van der Waals surface area contributed by atoms with Gasteiger partial charge in [0.2, 0.25) is 10.4 Å². The van der Waals surface area contributed by atoms with Crippen molar-refractivity contribution in [1.82, 2.24) is 0 Å². The van der Waals surface area contributed by atoms with Gasteiger partial charge in [0.05, 0.1) is 31.5 Å². The molecule has 1 heterocycles. The van der Waals surface area contributed by atoms with Crippen LogP contribution < -0.4 is 5.73 Å². The molecule has 0 aromatic heterocycles. The van der Waals surface area contributed by atoms with Gasteiger partial charge in [-0.3, -0.25) is 4.18 Å². The van der Waals surface area contributed by atoms with Crippen LogP contribution in [0, 0.1) is 0 Å². The van der Waals surface area contributed by atoms with Gasteiger partial charge in [-0.15, -0.1) is 0 Å². The van der Waals surface area contributed by atoms with Gasteiger partial charge >= 0.3 is 0 Å². The van der Waals surface area contributed by atoms with Gasteiger partial charge in [-0.2, -0.15) is 0 Å². The highest BCUT2D eigenvalue weighted by Gasteiger charge is 2.27. The predicted octanol–water partition coefficient (Wildman–Crippen LogP) is -2.06. The zero-order chi connectivity index (χ0) is 10.8. The van der Waals surface area contributed by atoms with Crippen molar-refractivity contribution < 1.29 is 27.0 Å². The van der Waals surface area contributed by atoms with E-state index in [2.05, 4.69) is 4.18 Å². The molecule has 0 amide bonds. The fraction of sp³-hybridized carbons (Fsp3) is 1.00. The van der Waals surface area contributed by atoms with Gasteiger partial charge in [0, 0.05) is 6.42 Å². The summed E-state index contributed by atoms with van der Waals surface area (Å²) in [6.07, 6.45) is -1.20. The molecule has 1 aliphatic rings. The zero-order valence-electron chi connectivity index (χ0n) is 7.33. The number of aliphatic hydroxyl groups is 1. The van der Waals surface area contributed by atoms with Crippen molar-refractivity contribution in [2.75, 3.05) is 13.2 Å². The molecule has 0 radical (unpaired) electrons. The van der Waals surface area contributed by atoms with Crippen LogP contribution in [0.1, 0.15) is 6.42 Å². The molecular weight excluding hydrogens is 214 g/mol. The van der Waals surface area contributed by atoms with Gasteiger partial charge in [0.25, 0.3) is 0 Å². The molecule has 1 fully saturated rings. The number of hydrogen-bond acceptors (Lipinski definition) is 7. The second-order valence-electron chi connectivity index (χ2n) is 3.12. The van der Waals surface area contributed by atoms with Crippen LogP contribution in [0.25, 0.3) is 0 Å². The molecule has 0 saturated carbocycles. The fourth-order valence-electron chi connectivity index (χ4n) is 1.15. The number of rotatable bonds is 3. The van der Waals surface area contributed by atoms with Crippen molar-refractivity contribution >= 4 is 10.4 Å². The Balaban J connectivity index is 2.34. The van der Waals surface area contributed by atoms with Crippen molar-refractivity contribution in [2.24, 2.45) is 5.73 Å². The maximum Gasteiger partial charge on any atom is 0.217 e. The Kier molecular flexibility index (Phi) is 3.81. The lowest BCUT2D eigenvalue weighted by atomic mass is 10.0. The maximum absolute atomic E-state index is 10.1. The molecule has 1 saturated heterocycles. The van der Waals surface area contributed by atoms with Crippen LogP contribution in [0.2, 0.25) is 0 Å². The van der Waals surface area contributed by atoms with E-state index in [9.17, 15) is 18.1 Å². The summed E-state index contributed by atoms with van der Waals surface area (Å²) in [5.41, 5.74) is 5.43. The molecule has 84 valence electrons. The van der Waals surface area contributed by atoms with E-state index in [4.69, 9.17) is 10.5 Å². The van der Waals surface area contributed by atoms with E-state index in [1.807, 2.05) is 0 Å². The van der Waals surface area contributed by atoms with Crippen molar-refractivity contribution in [3.05, 3.63) is 0 Å². The Morgan fingerprint density at radius 2 is 2.29 bits per heavy atom. The molecule has 1 aliphatic heterocycles. The molecule has 0 bridgehead atoms. The summed E-state index contributed by atoms with van der Waals surface area (Å²) in [5.74, 6) is 0. The predicted molar refractivity (Wildman–Crippen MR) is 44.0 cm³/mol. The fourth-order valence-corrected chi connectivity index (χ4v) is 1.46. The first kappa shape index (κ1) is 11.8. The van der Waals surface area contributed by atoms with E-state index in [1.165, 1.54) is 0 Å². The van der Waals surface area contributed by atoms with E-state index in [0.717, 1.165) is 0 Å². The lowest BCUT2D eigenvalue weighted by Crippen LogP contribution is -2.47. The average molecular weight is 226 g/mol.